The largest absolute Gasteiger partial charge is 0.368 e. The Morgan fingerprint density at radius 3 is 2.12 bits per heavy atom. The van der Waals surface area contributed by atoms with Gasteiger partial charge in [0.05, 0.1) is 6.67 Å². The van der Waals surface area contributed by atoms with Crippen molar-refractivity contribution in [3.63, 3.8) is 0 Å². The summed E-state index contributed by atoms with van der Waals surface area (Å²) in [5.74, 6) is -0.0750. The normalized spacial score (nSPS) is 9.65. The standard InChI is InChI=1S/C14H14N2O/c17-14(12-7-3-1-4-8-12)16-11-15-13-9-5-2-6-10-13/h1-10,15H,11H2,(H,16,17). The Bertz CT molecular complexity index is 468. The summed E-state index contributed by atoms with van der Waals surface area (Å²) < 4.78 is 0. The second-order valence-electron chi connectivity index (χ2n) is 3.59. The first-order valence-corrected chi connectivity index (χ1v) is 5.48. The molecule has 0 heterocycles. The molecule has 0 bridgehead atoms. The summed E-state index contributed by atoms with van der Waals surface area (Å²) in [6, 6.07) is 18.9. The van der Waals surface area contributed by atoms with Gasteiger partial charge in [-0.25, -0.2) is 0 Å². The highest BCUT2D eigenvalue weighted by molar-refractivity contribution is 5.94. The maximum atomic E-state index is 11.7. The molecule has 0 aliphatic heterocycles. The molecule has 0 fully saturated rings. The van der Waals surface area contributed by atoms with Gasteiger partial charge in [0, 0.05) is 11.3 Å². The highest BCUT2D eigenvalue weighted by Gasteiger charge is 2.02. The smallest absolute Gasteiger partial charge is 0.252 e. The van der Waals surface area contributed by atoms with Crippen molar-refractivity contribution in [1.29, 1.82) is 0 Å². The Morgan fingerprint density at radius 2 is 1.47 bits per heavy atom. The van der Waals surface area contributed by atoms with Crippen molar-refractivity contribution >= 4 is 11.6 Å². The molecule has 2 aromatic rings. The lowest BCUT2D eigenvalue weighted by Crippen LogP contribution is -2.28. The van der Waals surface area contributed by atoms with Crippen molar-refractivity contribution in [3.8, 4) is 0 Å². The van der Waals surface area contributed by atoms with E-state index in [9.17, 15) is 4.79 Å². The highest BCUT2D eigenvalue weighted by atomic mass is 16.1. The van der Waals surface area contributed by atoms with E-state index in [1.807, 2.05) is 48.5 Å². The van der Waals surface area contributed by atoms with Crippen molar-refractivity contribution in [2.75, 3.05) is 12.0 Å². The minimum atomic E-state index is -0.0750. The van der Waals surface area contributed by atoms with Gasteiger partial charge in [0.1, 0.15) is 0 Å². The fourth-order valence-corrected chi connectivity index (χ4v) is 1.47. The SMILES string of the molecule is O=C(NCNc1ccccc1)c1ccccc1. The van der Waals surface area contributed by atoms with E-state index >= 15 is 0 Å². The molecule has 17 heavy (non-hydrogen) atoms. The summed E-state index contributed by atoms with van der Waals surface area (Å²) in [6.45, 7) is 0.414. The number of anilines is 1. The Morgan fingerprint density at radius 1 is 0.882 bits per heavy atom. The van der Waals surface area contributed by atoms with E-state index in [2.05, 4.69) is 10.6 Å². The molecule has 0 aromatic heterocycles. The van der Waals surface area contributed by atoms with Gasteiger partial charge in [-0.15, -0.1) is 0 Å². The third kappa shape index (κ3) is 3.34. The van der Waals surface area contributed by atoms with Crippen LogP contribution in [-0.2, 0) is 0 Å². The summed E-state index contributed by atoms with van der Waals surface area (Å²) in [4.78, 5) is 11.7. The average Bonchev–Trinajstić information content (AvgIpc) is 2.41. The van der Waals surface area contributed by atoms with Gasteiger partial charge in [-0.2, -0.15) is 0 Å². The fraction of sp³-hybridized carbons (Fsp3) is 0.0714. The number of hydrogen-bond donors (Lipinski definition) is 2. The molecule has 3 nitrogen and oxygen atoms in total. The van der Waals surface area contributed by atoms with E-state index in [4.69, 9.17) is 0 Å². The summed E-state index contributed by atoms with van der Waals surface area (Å²) in [5, 5.41) is 5.91. The van der Waals surface area contributed by atoms with Crippen molar-refractivity contribution < 1.29 is 4.79 Å². The molecule has 0 saturated carbocycles. The maximum Gasteiger partial charge on any atom is 0.252 e. The van der Waals surface area contributed by atoms with Crippen LogP contribution >= 0.6 is 0 Å². The molecule has 0 spiro atoms. The predicted molar refractivity (Wildman–Crippen MR) is 68.8 cm³/mol. The number of rotatable bonds is 4. The van der Waals surface area contributed by atoms with Crippen LogP contribution in [-0.4, -0.2) is 12.6 Å². The molecular formula is C14H14N2O. The molecule has 2 aromatic carbocycles. The van der Waals surface area contributed by atoms with Crippen LogP contribution in [0.4, 0.5) is 5.69 Å². The lowest BCUT2D eigenvalue weighted by molar-refractivity contribution is 0.0956. The Kier molecular flexibility index (Phi) is 3.76. The van der Waals surface area contributed by atoms with Gasteiger partial charge in [-0.3, -0.25) is 4.79 Å². The molecule has 2 N–H and O–H groups in total. The highest BCUT2D eigenvalue weighted by Crippen LogP contribution is 2.03. The zero-order valence-corrected chi connectivity index (χ0v) is 9.39. The second kappa shape index (κ2) is 5.70. The Labute approximate surface area is 100 Å². The van der Waals surface area contributed by atoms with Gasteiger partial charge in [0.15, 0.2) is 0 Å². The zero-order chi connectivity index (χ0) is 11.9. The molecule has 2 rings (SSSR count). The average molecular weight is 226 g/mol. The van der Waals surface area contributed by atoms with Crippen molar-refractivity contribution in [2.24, 2.45) is 0 Å². The first-order chi connectivity index (χ1) is 8.36. The van der Waals surface area contributed by atoms with Gasteiger partial charge in [0.2, 0.25) is 0 Å². The molecule has 0 aliphatic carbocycles. The summed E-state index contributed by atoms with van der Waals surface area (Å²) in [7, 11) is 0. The van der Waals surface area contributed by atoms with Crippen LogP contribution in [0.5, 0.6) is 0 Å². The monoisotopic (exact) mass is 226 g/mol. The summed E-state index contributed by atoms with van der Waals surface area (Å²) in [5.41, 5.74) is 1.66. The van der Waals surface area contributed by atoms with Gasteiger partial charge in [-0.05, 0) is 24.3 Å². The number of carbonyl (C=O) groups is 1. The number of amides is 1. The number of nitrogens with one attached hydrogen (secondary N) is 2. The van der Waals surface area contributed by atoms with Crippen molar-refractivity contribution in [2.45, 2.75) is 0 Å². The molecule has 86 valence electrons. The lowest BCUT2D eigenvalue weighted by atomic mass is 10.2. The van der Waals surface area contributed by atoms with Crippen LogP contribution < -0.4 is 10.6 Å². The van der Waals surface area contributed by atoms with Crippen LogP contribution in [0.3, 0.4) is 0 Å². The first kappa shape index (κ1) is 11.2. The predicted octanol–water partition coefficient (Wildman–Crippen LogP) is 2.49. The number of hydrogen-bond acceptors (Lipinski definition) is 2. The molecule has 0 atom stereocenters. The molecule has 3 heteroatoms. The number of benzene rings is 2. The van der Waals surface area contributed by atoms with E-state index in [1.165, 1.54) is 0 Å². The molecule has 1 amide bonds. The second-order valence-corrected chi connectivity index (χ2v) is 3.59. The van der Waals surface area contributed by atoms with E-state index < -0.39 is 0 Å². The number of para-hydroxylation sites is 1. The van der Waals surface area contributed by atoms with Gasteiger partial charge >= 0.3 is 0 Å². The van der Waals surface area contributed by atoms with E-state index in [0.29, 0.717) is 12.2 Å². The van der Waals surface area contributed by atoms with Gasteiger partial charge in [-0.1, -0.05) is 36.4 Å². The van der Waals surface area contributed by atoms with Crippen LogP contribution in [0.2, 0.25) is 0 Å². The Hall–Kier alpha value is -2.29. The van der Waals surface area contributed by atoms with E-state index in [0.717, 1.165) is 5.69 Å². The number of carbonyl (C=O) groups excluding carboxylic acids is 1. The van der Waals surface area contributed by atoms with Crippen LogP contribution in [0, 0.1) is 0 Å². The van der Waals surface area contributed by atoms with Gasteiger partial charge < -0.3 is 10.6 Å². The molecule has 0 saturated heterocycles. The minimum Gasteiger partial charge on any atom is -0.368 e. The topological polar surface area (TPSA) is 41.1 Å². The van der Waals surface area contributed by atoms with Gasteiger partial charge in [0.25, 0.3) is 5.91 Å². The fourth-order valence-electron chi connectivity index (χ4n) is 1.47. The Balaban J connectivity index is 1.82. The minimum absolute atomic E-state index is 0.0750. The summed E-state index contributed by atoms with van der Waals surface area (Å²) in [6.07, 6.45) is 0. The van der Waals surface area contributed by atoms with Crippen LogP contribution in [0.15, 0.2) is 60.7 Å². The third-order valence-corrected chi connectivity index (χ3v) is 2.35. The van der Waals surface area contributed by atoms with E-state index in [-0.39, 0.29) is 5.91 Å². The molecule has 0 unspecified atom stereocenters. The zero-order valence-electron chi connectivity index (χ0n) is 9.39. The van der Waals surface area contributed by atoms with Crippen LogP contribution in [0.25, 0.3) is 0 Å². The lowest BCUT2D eigenvalue weighted by Gasteiger charge is -2.08. The van der Waals surface area contributed by atoms with Crippen molar-refractivity contribution in [1.82, 2.24) is 5.32 Å². The maximum absolute atomic E-state index is 11.7. The third-order valence-electron chi connectivity index (χ3n) is 2.35. The molecular weight excluding hydrogens is 212 g/mol. The van der Waals surface area contributed by atoms with Crippen molar-refractivity contribution in [3.05, 3.63) is 66.2 Å². The van der Waals surface area contributed by atoms with Crippen LogP contribution in [0.1, 0.15) is 10.4 Å². The summed E-state index contributed by atoms with van der Waals surface area (Å²) >= 11 is 0. The molecule has 0 aliphatic rings. The van der Waals surface area contributed by atoms with E-state index in [1.54, 1.807) is 12.1 Å². The quantitative estimate of drug-likeness (QED) is 0.786. The first-order valence-electron chi connectivity index (χ1n) is 5.48. The molecule has 0 radical (unpaired) electrons.